The van der Waals surface area contributed by atoms with Crippen molar-refractivity contribution in [2.24, 2.45) is 5.41 Å². The molecule has 0 fully saturated rings. The van der Waals surface area contributed by atoms with Crippen molar-refractivity contribution in [2.45, 2.75) is 33.6 Å². The number of hydrogen-bond acceptors (Lipinski definition) is 6. The highest BCUT2D eigenvalue weighted by Gasteiger charge is 2.19. The molecule has 120 valence electrons. The molecule has 0 aliphatic rings. The van der Waals surface area contributed by atoms with E-state index < -0.39 is 0 Å². The Balaban J connectivity index is 2.74. The molecule has 1 heterocycles. The number of ether oxygens (including phenoxy) is 2. The first-order valence-electron chi connectivity index (χ1n) is 7.39. The van der Waals surface area contributed by atoms with Gasteiger partial charge >= 0.3 is 0 Å². The molecule has 6 heteroatoms. The van der Waals surface area contributed by atoms with Crippen LogP contribution in [0.3, 0.4) is 0 Å². The monoisotopic (exact) mass is 296 g/mol. The van der Waals surface area contributed by atoms with E-state index in [1.165, 1.54) is 0 Å². The summed E-state index contributed by atoms with van der Waals surface area (Å²) in [6.45, 7) is 8.89. The standard InChI is InChI=1S/C15H28N4O2/c1-6-8-16-13-12(21-5)14(19-11-18-13)17-10-15(2,3)7-9-20-4/h11H,6-10H2,1-5H3,(H2,16,17,18,19). The predicted molar refractivity (Wildman–Crippen MR) is 86.1 cm³/mol. The second-order valence-electron chi connectivity index (χ2n) is 5.79. The third kappa shape index (κ3) is 5.75. The van der Waals surface area contributed by atoms with Crippen molar-refractivity contribution in [1.29, 1.82) is 0 Å². The number of hydrogen-bond donors (Lipinski definition) is 2. The first-order chi connectivity index (χ1) is 10.0. The Morgan fingerprint density at radius 2 is 1.81 bits per heavy atom. The molecule has 0 aromatic carbocycles. The van der Waals surface area contributed by atoms with Gasteiger partial charge in [-0.25, -0.2) is 9.97 Å². The van der Waals surface area contributed by atoms with E-state index in [-0.39, 0.29) is 5.41 Å². The SMILES string of the molecule is CCCNc1ncnc(NCC(C)(C)CCOC)c1OC. The quantitative estimate of drug-likeness (QED) is 0.692. The summed E-state index contributed by atoms with van der Waals surface area (Å²) in [5.74, 6) is 2.11. The molecule has 1 rings (SSSR count). The summed E-state index contributed by atoms with van der Waals surface area (Å²) in [5.41, 5.74) is 0.114. The van der Waals surface area contributed by atoms with Crippen molar-refractivity contribution in [1.82, 2.24) is 9.97 Å². The highest BCUT2D eigenvalue weighted by Crippen LogP contribution is 2.30. The molecule has 0 saturated carbocycles. The Hall–Kier alpha value is -1.56. The Labute approximate surface area is 127 Å². The summed E-state index contributed by atoms with van der Waals surface area (Å²) in [6, 6.07) is 0. The van der Waals surface area contributed by atoms with E-state index in [0.29, 0.717) is 5.75 Å². The van der Waals surface area contributed by atoms with Crippen LogP contribution in [0.25, 0.3) is 0 Å². The van der Waals surface area contributed by atoms with E-state index in [0.717, 1.165) is 44.2 Å². The zero-order chi connectivity index (χ0) is 15.7. The van der Waals surface area contributed by atoms with Gasteiger partial charge in [-0.3, -0.25) is 0 Å². The minimum atomic E-state index is 0.114. The zero-order valence-corrected chi connectivity index (χ0v) is 13.8. The maximum Gasteiger partial charge on any atom is 0.204 e. The summed E-state index contributed by atoms with van der Waals surface area (Å²) in [7, 11) is 3.36. The summed E-state index contributed by atoms with van der Waals surface area (Å²) >= 11 is 0. The molecule has 0 bridgehead atoms. The molecule has 0 saturated heterocycles. The van der Waals surface area contributed by atoms with Crippen molar-refractivity contribution >= 4 is 11.6 Å². The molecule has 2 N–H and O–H groups in total. The Bertz CT molecular complexity index is 424. The van der Waals surface area contributed by atoms with Gasteiger partial charge in [-0.05, 0) is 18.3 Å². The smallest absolute Gasteiger partial charge is 0.204 e. The number of rotatable bonds is 10. The van der Waals surface area contributed by atoms with Crippen molar-refractivity contribution in [3.05, 3.63) is 6.33 Å². The van der Waals surface area contributed by atoms with E-state index >= 15 is 0 Å². The molecule has 0 aliphatic carbocycles. The van der Waals surface area contributed by atoms with Crippen LogP contribution in [-0.2, 0) is 4.74 Å². The van der Waals surface area contributed by atoms with Crippen LogP contribution in [0, 0.1) is 5.41 Å². The van der Waals surface area contributed by atoms with Crippen molar-refractivity contribution in [2.75, 3.05) is 44.5 Å². The second-order valence-corrected chi connectivity index (χ2v) is 5.79. The summed E-state index contributed by atoms with van der Waals surface area (Å²) in [4.78, 5) is 8.52. The van der Waals surface area contributed by atoms with E-state index in [9.17, 15) is 0 Å². The van der Waals surface area contributed by atoms with Crippen LogP contribution in [0.4, 0.5) is 11.6 Å². The molecule has 21 heavy (non-hydrogen) atoms. The Kier molecular flexibility index (Phi) is 7.22. The fourth-order valence-electron chi connectivity index (χ4n) is 1.85. The second kappa shape index (κ2) is 8.67. The average molecular weight is 296 g/mol. The summed E-state index contributed by atoms with van der Waals surface area (Å²) in [6.07, 6.45) is 3.55. The highest BCUT2D eigenvalue weighted by molar-refractivity contribution is 5.63. The third-order valence-electron chi connectivity index (χ3n) is 3.27. The van der Waals surface area contributed by atoms with E-state index in [1.54, 1.807) is 20.5 Å². The minimum Gasteiger partial charge on any atom is -0.490 e. The van der Waals surface area contributed by atoms with Gasteiger partial charge in [-0.15, -0.1) is 0 Å². The van der Waals surface area contributed by atoms with Gasteiger partial charge in [0, 0.05) is 26.8 Å². The highest BCUT2D eigenvalue weighted by atomic mass is 16.5. The molecule has 0 spiro atoms. The molecule has 1 aromatic heterocycles. The lowest BCUT2D eigenvalue weighted by Crippen LogP contribution is -2.25. The van der Waals surface area contributed by atoms with Gasteiger partial charge < -0.3 is 20.1 Å². The van der Waals surface area contributed by atoms with Crippen molar-refractivity contribution < 1.29 is 9.47 Å². The average Bonchev–Trinajstić information content (AvgIpc) is 2.48. The molecule has 0 aliphatic heterocycles. The number of nitrogens with one attached hydrogen (secondary N) is 2. The van der Waals surface area contributed by atoms with E-state index in [2.05, 4.69) is 41.4 Å². The summed E-state index contributed by atoms with van der Waals surface area (Å²) in [5, 5.41) is 6.61. The number of aromatic nitrogens is 2. The maximum atomic E-state index is 5.45. The lowest BCUT2D eigenvalue weighted by molar-refractivity contribution is 0.157. The number of anilines is 2. The largest absolute Gasteiger partial charge is 0.490 e. The van der Waals surface area contributed by atoms with Crippen LogP contribution < -0.4 is 15.4 Å². The molecular weight excluding hydrogens is 268 g/mol. The van der Waals surface area contributed by atoms with Crippen LogP contribution in [0.2, 0.25) is 0 Å². The van der Waals surface area contributed by atoms with Crippen LogP contribution >= 0.6 is 0 Å². The molecule has 1 aromatic rings. The normalized spacial score (nSPS) is 11.3. The van der Waals surface area contributed by atoms with Crippen LogP contribution in [0.15, 0.2) is 6.33 Å². The van der Waals surface area contributed by atoms with Crippen molar-refractivity contribution in [3.8, 4) is 5.75 Å². The lowest BCUT2D eigenvalue weighted by atomic mass is 9.90. The zero-order valence-electron chi connectivity index (χ0n) is 13.8. The minimum absolute atomic E-state index is 0.114. The Morgan fingerprint density at radius 3 is 2.38 bits per heavy atom. The van der Waals surface area contributed by atoms with Gasteiger partial charge in [0.15, 0.2) is 11.6 Å². The molecule has 0 amide bonds. The van der Waals surface area contributed by atoms with Gasteiger partial charge in [0.2, 0.25) is 5.75 Å². The maximum absolute atomic E-state index is 5.45. The van der Waals surface area contributed by atoms with Gasteiger partial charge in [0.05, 0.1) is 7.11 Å². The van der Waals surface area contributed by atoms with Gasteiger partial charge in [-0.2, -0.15) is 0 Å². The topological polar surface area (TPSA) is 68.3 Å². The molecule has 6 nitrogen and oxygen atoms in total. The van der Waals surface area contributed by atoms with Crippen LogP contribution in [-0.4, -0.2) is 43.9 Å². The fraction of sp³-hybridized carbons (Fsp3) is 0.733. The fourth-order valence-corrected chi connectivity index (χ4v) is 1.85. The number of methoxy groups -OCH3 is 2. The van der Waals surface area contributed by atoms with E-state index in [1.807, 2.05) is 0 Å². The number of nitrogens with zero attached hydrogens (tertiary/aromatic N) is 2. The molecule has 0 unspecified atom stereocenters. The predicted octanol–water partition coefficient (Wildman–Crippen LogP) is 2.78. The Morgan fingerprint density at radius 1 is 1.14 bits per heavy atom. The van der Waals surface area contributed by atoms with Crippen LogP contribution in [0.1, 0.15) is 33.6 Å². The summed E-state index contributed by atoms with van der Waals surface area (Å²) < 4.78 is 10.6. The lowest BCUT2D eigenvalue weighted by Gasteiger charge is -2.25. The van der Waals surface area contributed by atoms with Crippen molar-refractivity contribution in [3.63, 3.8) is 0 Å². The van der Waals surface area contributed by atoms with Gasteiger partial charge in [0.25, 0.3) is 0 Å². The molecule has 0 radical (unpaired) electrons. The third-order valence-corrected chi connectivity index (χ3v) is 3.27. The molecule has 0 atom stereocenters. The first-order valence-corrected chi connectivity index (χ1v) is 7.39. The van der Waals surface area contributed by atoms with Gasteiger partial charge in [-0.1, -0.05) is 20.8 Å². The van der Waals surface area contributed by atoms with Crippen LogP contribution in [0.5, 0.6) is 5.75 Å². The van der Waals surface area contributed by atoms with Gasteiger partial charge in [0.1, 0.15) is 6.33 Å². The van der Waals surface area contributed by atoms with E-state index in [4.69, 9.17) is 9.47 Å². The first kappa shape index (κ1) is 17.5. The molecular formula is C15H28N4O2.